The molecule has 0 amide bonds. The van der Waals surface area contributed by atoms with Gasteiger partial charge in [0.15, 0.2) is 0 Å². The number of ketones is 6. The number of unbranched alkanes of at least 4 members (excludes halogenated alkanes) is 2. The summed E-state index contributed by atoms with van der Waals surface area (Å²) in [6.45, 7) is 6.34. The predicted molar refractivity (Wildman–Crippen MR) is 112 cm³/mol. The monoisotopic (exact) mass is 492 g/mol. The first-order valence-corrected chi connectivity index (χ1v) is 15.3. The van der Waals surface area contributed by atoms with Crippen LogP contribution in [0.4, 0.5) is 0 Å². The van der Waals surface area contributed by atoms with E-state index in [9.17, 15) is 32.1 Å². The molecule has 0 atom stereocenters. The van der Waals surface area contributed by atoms with E-state index in [2.05, 4.69) is 0 Å². The number of hydrogen-bond acceptors (Lipinski definition) is 9. The normalized spacial score (nSPS) is 11.8. The Morgan fingerprint density at radius 2 is 0.969 bits per heavy atom. The van der Waals surface area contributed by atoms with Crippen LogP contribution in [0.2, 0.25) is 9.45 Å². The first kappa shape index (κ1) is 30.5. The summed E-state index contributed by atoms with van der Waals surface area (Å²) in [5, 5.41) is 0. The molecule has 9 nitrogen and oxygen atoms in total. The SMILES string of the molecule is CCCC[O][Ti](=[O])([CH2]CC(=O)C(=O)CC(C)=O)([CH2]CC(=O)C(=O)CC(C)=O)[O]CCCC. The Labute approximate surface area is 191 Å². The summed E-state index contributed by atoms with van der Waals surface area (Å²) in [7, 11) is 0. The molecule has 0 N–H and O–H groups in total. The molecule has 182 valence electrons. The van der Waals surface area contributed by atoms with Gasteiger partial charge in [-0.1, -0.05) is 0 Å². The molecular weight excluding hydrogens is 456 g/mol. The van der Waals surface area contributed by atoms with Crippen LogP contribution in [0.15, 0.2) is 0 Å². The van der Waals surface area contributed by atoms with Crippen molar-refractivity contribution in [2.24, 2.45) is 0 Å². The van der Waals surface area contributed by atoms with Gasteiger partial charge in [-0.2, -0.15) is 0 Å². The third-order valence-electron chi connectivity index (χ3n) is 4.95. The molecule has 0 fully saturated rings. The van der Waals surface area contributed by atoms with Gasteiger partial charge in [-0.05, 0) is 0 Å². The maximum absolute atomic E-state index is 14.2. The van der Waals surface area contributed by atoms with Crippen LogP contribution in [-0.2, 0) is 54.8 Å². The molecule has 0 aromatic carbocycles. The number of carbonyl (C=O) groups excluding carboxylic acids is 6. The molecule has 0 saturated heterocycles. The minimum absolute atomic E-state index is 0.0779. The van der Waals surface area contributed by atoms with Crippen molar-refractivity contribution in [1.29, 1.82) is 0 Å². The van der Waals surface area contributed by atoms with Crippen molar-refractivity contribution in [2.45, 2.75) is 88.5 Å². The van der Waals surface area contributed by atoms with Crippen molar-refractivity contribution >= 4 is 34.7 Å². The van der Waals surface area contributed by atoms with Gasteiger partial charge in [-0.15, -0.1) is 0 Å². The van der Waals surface area contributed by atoms with Crippen LogP contribution in [0.3, 0.4) is 0 Å². The third kappa shape index (κ3) is 11.9. The van der Waals surface area contributed by atoms with Gasteiger partial charge in [0, 0.05) is 0 Å². The summed E-state index contributed by atoms with van der Waals surface area (Å²) in [6.07, 6.45) is 0.645. The predicted octanol–water partition coefficient (Wildman–Crippen LogP) is 3.34. The third-order valence-corrected chi connectivity index (χ3v) is 11.4. The molecule has 32 heavy (non-hydrogen) atoms. The van der Waals surface area contributed by atoms with Crippen molar-refractivity contribution in [3.63, 3.8) is 0 Å². The molecular formula is C22H36O9Ti. The zero-order valence-electron chi connectivity index (χ0n) is 19.7. The fourth-order valence-electron chi connectivity index (χ4n) is 2.98. The van der Waals surface area contributed by atoms with Crippen LogP contribution >= 0.6 is 0 Å². The Kier molecular flexibility index (Phi) is 13.9. The first-order chi connectivity index (χ1) is 14.9. The molecule has 0 aromatic rings. The summed E-state index contributed by atoms with van der Waals surface area (Å²) < 4.78 is 25.0. The summed E-state index contributed by atoms with van der Waals surface area (Å²) in [5.41, 5.74) is 0. The van der Waals surface area contributed by atoms with Crippen LogP contribution in [0.25, 0.3) is 0 Å². The summed E-state index contributed by atoms with van der Waals surface area (Å²) >= 11 is -5.68. The molecule has 0 heterocycles. The number of hydrogen-bond donors (Lipinski definition) is 0. The van der Waals surface area contributed by atoms with Crippen molar-refractivity contribution in [3.05, 3.63) is 0 Å². The fraction of sp³-hybridized carbons (Fsp3) is 0.727. The Morgan fingerprint density at radius 1 is 0.625 bits per heavy atom. The van der Waals surface area contributed by atoms with E-state index in [0.717, 1.165) is 12.8 Å². The van der Waals surface area contributed by atoms with E-state index in [0.29, 0.717) is 12.8 Å². The minimum atomic E-state index is -5.68. The van der Waals surface area contributed by atoms with E-state index in [1.54, 1.807) is 0 Å². The molecule has 0 saturated carbocycles. The molecule has 0 unspecified atom stereocenters. The number of rotatable bonds is 20. The zero-order valence-corrected chi connectivity index (χ0v) is 21.2. The molecule has 0 aliphatic heterocycles. The summed E-state index contributed by atoms with van der Waals surface area (Å²) in [4.78, 5) is 70.5. The van der Waals surface area contributed by atoms with E-state index in [-0.39, 0.29) is 22.7 Å². The molecule has 0 aliphatic rings. The van der Waals surface area contributed by atoms with Gasteiger partial charge < -0.3 is 0 Å². The molecule has 0 aromatic heterocycles. The Morgan fingerprint density at radius 3 is 1.25 bits per heavy atom. The first-order valence-electron chi connectivity index (χ1n) is 11.2. The van der Waals surface area contributed by atoms with E-state index in [1.807, 2.05) is 13.8 Å². The van der Waals surface area contributed by atoms with E-state index >= 15 is 0 Å². The van der Waals surface area contributed by atoms with Crippen LogP contribution < -0.4 is 0 Å². The van der Waals surface area contributed by atoms with Gasteiger partial charge in [0.2, 0.25) is 0 Å². The van der Waals surface area contributed by atoms with E-state index < -0.39 is 76.4 Å². The van der Waals surface area contributed by atoms with Crippen molar-refractivity contribution < 1.29 is 54.8 Å². The van der Waals surface area contributed by atoms with Crippen LogP contribution in [0.5, 0.6) is 0 Å². The van der Waals surface area contributed by atoms with Crippen LogP contribution in [0.1, 0.15) is 79.1 Å². The van der Waals surface area contributed by atoms with Gasteiger partial charge in [-0.25, -0.2) is 0 Å². The maximum atomic E-state index is 14.2. The average molecular weight is 492 g/mol. The van der Waals surface area contributed by atoms with Gasteiger partial charge in [0.05, 0.1) is 0 Å². The van der Waals surface area contributed by atoms with Gasteiger partial charge >= 0.3 is 191 Å². The second-order valence-corrected chi connectivity index (χ2v) is 14.9. The molecule has 0 bridgehead atoms. The van der Waals surface area contributed by atoms with Gasteiger partial charge in [0.1, 0.15) is 0 Å². The summed E-state index contributed by atoms with van der Waals surface area (Å²) in [6, 6.07) is 0. The fourth-order valence-corrected chi connectivity index (χ4v) is 8.49. The summed E-state index contributed by atoms with van der Waals surface area (Å²) in [5.74, 6) is -4.39. The Bertz CT molecular complexity index is 718. The zero-order chi connectivity index (χ0) is 24.8. The van der Waals surface area contributed by atoms with Crippen molar-refractivity contribution in [3.8, 4) is 0 Å². The standard InChI is InChI=1S/2C7H9O3.2C4H9O.O.Ti/c2*1-3-6(9)7(10)4-5(2)8;2*1-2-3-4-5;;/h2*1,3-4H2,2H3;2*2-4H2,1H3;;/q;;2*-1;;+2. The van der Waals surface area contributed by atoms with E-state index in [4.69, 9.17) is 6.64 Å². The number of carbonyl (C=O) groups is 6. The quantitative estimate of drug-likeness (QED) is 0.108. The second kappa shape index (κ2) is 14.6. The topological polar surface area (TPSA) is 138 Å². The average Bonchev–Trinajstić information content (AvgIpc) is 2.70. The Hall–Kier alpha value is -1.55. The van der Waals surface area contributed by atoms with Crippen molar-refractivity contribution in [1.82, 2.24) is 0 Å². The second-order valence-electron chi connectivity index (χ2n) is 8.22. The van der Waals surface area contributed by atoms with Crippen molar-refractivity contribution in [2.75, 3.05) is 13.2 Å². The molecule has 0 spiro atoms. The van der Waals surface area contributed by atoms with Gasteiger partial charge in [-0.3, -0.25) is 0 Å². The number of Topliss-reactive ketones (excluding diaryl/α,β-unsaturated/α-hetero) is 6. The van der Waals surface area contributed by atoms with E-state index in [1.165, 1.54) is 13.8 Å². The molecule has 0 aliphatic carbocycles. The molecule has 10 heteroatoms. The van der Waals surface area contributed by atoms with Crippen LogP contribution in [-0.4, -0.2) is 47.9 Å². The molecule has 0 rings (SSSR count). The Balaban J connectivity index is 5.70. The molecule has 0 radical (unpaired) electrons. The van der Waals surface area contributed by atoms with Crippen LogP contribution in [0, 0.1) is 0 Å². The van der Waals surface area contributed by atoms with Gasteiger partial charge in [0.25, 0.3) is 0 Å².